The summed E-state index contributed by atoms with van der Waals surface area (Å²) in [5.74, 6) is 0.756. The highest BCUT2D eigenvalue weighted by Crippen LogP contribution is 2.25. The molecule has 1 heteroatoms. The summed E-state index contributed by atoms with van der Waals surface area (Å²) in [5, 5.41) is 0.360. The zero-order valence-corrected chi connectivity index (χ0v) is 5.99. The first-order chi connectivity index (χ1) is 3.79. The zero-order valence-electron chi connectivity index (χ0n) is 5.23. The van der Waals surface area contributed by atoms with Crippen LogP contribution >= 0.6 is 11.6 Å². The first kappa shape index (κ1) is 6.41. The maximum atomic E-state index is 5.86. The summed E-state index contributed by atoms with van der Waals surface area (Å²) < 4.78 is 0. The van der Waals surface area contributed by atoms with Gasteiger partial charge in [0, 0.05) is 5.38 Å². The molecule has 47 valence electrons. The molecule has 2 unspecified atom stereocenters. The largest absolute Gasteiger partial charge is 0.123 e. The maximum Gasteiger partial charge on any atom is 0.0370 e. The molecule has 0 amide bonds. The van der Waals surface area contributed by atoms with Crippen LogP contribution in [0.4, 0.5) is 0 Å². The minimum absolute atomic E-state index is 0.360. The Morgan fingerprint density at radius 3 is 2.62 bits per heavy atom. The van der Waals surface area contributed by atoms with Crippen molar-refractivity contribution < 1.29 is 0 Å². The average Bonchev–Trinajstić information content (AvgIpc) is 1.64. The Bertz CT molecular complexity index is 62.8. The van der Waals surface area contributed by atoms with Gasteiger partial charge < -0.3 is 0 Å². The van der Waals surface area contributed by atoms with Gasteiger partial charge in [-0.15, -0.1) is 11.6 Å². The van der Waals surface area contributed by atoms with Crippen molar-refractivity contribution in [3.05, 3.63) is 6.42 Å². The van der Waals surface area contributed by atoms with Crippen LogP contribution in [0.3, 0.4) is 0 Å². The van der Waals surface area contributed by atoms with Gasteiger partial charge in [-0.25, -0.2) is 0 Å². The Kier molecular flexibility index (Phi) is 2.18. The normalized spacial score (nSPS) is 39.8. The first-order valence-electron chi connectivity index (χ1n) is 3.28. The molecule has 1 saturated carbocycles. The third-order valence-electron chi connectivity index (χ3n) is 1.68. The van der Waals surface area contributed by atoms with Crippen LogP contribution in [0.25, 0.3) is 0 Å². The number of alkyl halides is 1. The van der Waals surface area contributed by atoms with Crippen LogP contribution in [0, 0.1) is 12.3 Å². The molecule has 0 aromatic rings. The van der Waals surface area contributed by atoms with Crippen molar-refractivity contribution in [2.45, 2.75) is 31.6 Å². The van der Waals surface area contributed by atoms with Crippen LogP contribution in [-0.4, -0.2) is 5.38 Å². The molecule has 0 bridgehead atoms. The summed E-state index contributed by atoms with van der Waals surface area (Å²) in [5.41, 5.74) is 0. The van der Waals surface area contributed by atoms with Crippen LogP contribution in [0.1, 0.15) is 26.2 Å². The molecule has 1 aliphatic carbocycles. The lowest BCUT2D eigenvalue weighted by atomic mass is 9.91. The lowest BCUT2D eigenvalue weighted by molar-refractivity contribution is 0.481. The van der Waals surface area contributed by atoms with E-state index in [1.807, 2.05) is 0 Å². The van der Waals surface area contributed by atoms with Gasteiger partial charge in [0.05, 0.1) is 0 Å². The van der Waals surface area contributed by atoms with Gasteiger partial charge in [-0.2, -0.15) is 0 Å². The maximum absolute atomic E-state index is 5.86. The Morgan fingerprint density at radius 1 is 1.50 bits per heavy atom. The Balaban J connectivity index is 2.23. The Hall–Kier alpha value is 0.290. The van der Waals surface area contributed by atoms with Gasteiger partial charge in [0.2, 0.25) is 0 Å². The van der Waals surface area contributed by atoms with Crippen molar-refractivity contribution in [1.82, 2.24) is 0 Å². The lowest BCUT2D eigenvalue weighted by Gasteiger charge is -2.20. The molecule has 2 atom stereocenters. The smallest absolute Gasteiger partial charge is 0.0370 e. The second-order valence-corrected chi connectivity index (χ2v) is 3.18. The molecule has 0 heterocycles. The molecule has 0 spiro atoms. The summed E-state index contributed by atoms with van der Waals surface area (Å²) in [6, 6.07) is 0. The van der Waals surface area contributed by atoms with Gasteiger partial charge in [0.25, 0.3) is 0 Å². The highest BCUT2D eigenvalue weighted by Gasteiger charge is 2.15. The second kappa shape index (κ2) is 2.72. The average molecular weight is 132 g/mol. The van der Waals surface area contributed by atoms with E-state index in [0.717, 1.165) is 5.92 Å². The van der Waals surface area contributed by atoms with Crippen molar-refractivity contribution in [3.63, 3.8) is 0 Å². The van der Waals surface area contributed by atoms with E-state index in [0.29, 0.717) is 5.38 Å². The molecule has 1 fully saturated rings. The van der Waals surface area contributed by atoms with E-state index in [1.54, 1.807) is 0 Å². The van der Waals surface area contributed by atoms with E-state index >= 15 is 0 Å². The van der Waals surface area contributed by atoms with Crippen molar-refractivity contribution in [3.8, 4) is 0 Å². The molecule has 1 rings (SSSR count). The molecule has 1 aliphatic rings. The molecular formula is C7H12Cl. The van der Waals surface area contributed by atoms with Crippen molar-refractivity contribution in [1.29, 1.82) is 0 Å². The van der Waals surface area contributed by atoms with Gasteiger partial charge in [0.1, 0.15) is 0 Å². The van der Waals surface area contributed by atoms with Gasteiger partial charge in [-0.05, 0) is 18.8 Å². The van der Waals surface area contributed by atoms with Crippen molar-refractivity contribution >= 4 is 11.6 Å². The molecule has 0 N–H and O–H groups in total. The topological polar surface area (TPSA) is 0 Å². The summed E-state index contributed by atoms with van der Waals surface area (Å²) >= 11 is 5.86. The van der Waals surface area contributed by atoms with E-state index in [-0.39, 0.29) is 0 Å². The highest BCUT2D eigenvalue weighted by atomic mass is 35.5. The fourth-order valence-electron chi connectivity index (χ4n) is 1.18. The summed E-state index contributed by atoms with van der Waals surface area (Å²) in [7, 11) is 0. The van der Waals surface area contributed by atoms with E-state index in [1.165, 1.54) is 19.3 Å². The zero-order chi connectivity index (χ0) is 5.98. The monoisotopic (exact) mass is 131 g/mol. The fourth-order valence-corrected chi connectivity index (χ4v) is 1.59. The Labute approximate surface area is 56.2 Å². The molecule has 8 heavy (non-hydrogen) atoms. The van der Waals surface area contributed by atoms with Crippen molar-refractivity contribution in [2.75, 3.05) is 0 Å². The molecule has 0 aromatic carbocycles. The molecule has 0 aliphatic heterocycles. The number of rotatable bonds is 0. The predicted octanol–water partition coefficient (Wildman–Crippen LogP) is 2.62. The van der Waals surface area contributed by atoms with Gasteiger partial charge >= 0.3 is 0 Å². The molecule has 0 saturated heterocycles. The summed E-state index contributed by atoms with van der Waals surface area (Å²) in [6.45, 7) is 2.23. The van der Waals surface area contributed by atoms with Crippen molar-refractivity contribution in [2.24, 2.45) is 5.92 Å². The number of halogens is 1. The first-order valence-corrected chi connectivity index (χ1v) is 3.72. The Morgan fingerprint density at radius 2 is 2.25 bits per heavy atom. The van der Waals surface area contributed by atoms with Crippen LogP contribution in [0.15, 0.2) is 0 Å². The minimum atomic E-state index is 0.360. The SMILES string of the molecule is CC1[CH]C(Cl)CCC1. The van der Waals surface area contributed by atoms with Crippen LogP contribution < -0.4 is 0 Å². The van der Waals surface area contributed by atoms with Gasteiger partial charge in [-0.3, -0.25) is 0 Å². The third kappa shape index (κ3) is 1.66. The molecule has 0 aromatic heterocycles. The quantitative estimate of drug-likeness (QED) is 0.444. The lowest BCUT2D eigenvalue weighted by Crippen LogP contribution is -2.13. The second-order valence-electron chi connectivity index (χ2n) is 2.62. The van der Waals surface area contributed by atoms with E-state index < -0.39 is 0 Å². The standard InChI is InChI=1S/C7H12Cl/c1-6-3-2-4-7(8)5-6/h5-7H,2-4H2,1H3. The minimum Gasteiger partial charge on any atom is -0.123 e. The molecule has 1 radical (unpaired) electrons. The van der Waals surface area contributed by atoms with Crippen LogP contribution in [-0.2, 0) is 0 Å². The summed E-state index contributed by atoms with van der Waals surface area (Å²) in [6.07, 6.45) is 6.08. The number of hydrogen-bond donors (Lipinski definition) is 0. The summed E-state index contributed by atoms with van der Waals surface area (Å²) in [4.78, 5) is 0. The highest BCUT2D eigenvalue weighted by molar-refractivity contribution is 6.21. The van der Waals surface area contributed by atoms with Gasteiger partial charge in [0.15, 0.2) is 0 Å². The molecule has 0 nitrogen and oxygen atoms in total. The van der Waals surface area contributed by atoms with Gasteiger partial charge in [-0.1, -0.05) is 19.8 Å². The van der Waals surface area contributed by atoms with E-state index in [9.17, 15) is 0 Å². The fraction of sp³-hybridized carbons (Fsp3) is 0.857. The predicted molar refractivity (Wildman–Crippen MR) is 37.0 cm³/mol. The van der Waals surface area contributed by atoms with Crippen LogP contribution in [0.2, 0.25) is 0 Å². The molecular weight excluding hydrogens is 120 g/mol. The van der Waals surface area contributed by atoms with E-state index in [2.05, 4.69) is 13.3 Å². The van der Waals surface area contributed by atoms with E-state index in [4.69, 9.17) is 11.6 Å². The van der Waals surface area contributed by atoms with Crippen LogP contribution in [0.5, 0.6) is 0 Å². The number of hydrogen-bond acceptors (Lipinski definition) is 0. The third-order valence-corrected chi connectivity index (χ3v) is 2.04.